The van der Waals surface area contributed by atoms with E-state index in [9.17, 15) is 22.8 Å². The summed E-state index contributed by atoms with van der Waals surface area (Å²) in [7, 11) is 0. The highest BCUT2D eigenvalue weighted by atomic mass is 19.4. The van der Waals surface area contributed by atoms with Crippen LogP contribution in [0, 0.1) is 11.8 Å². The minimum atomic E-state index is -4.43. The first-order valence-corrected chi connectivity index (χ1v) is 11.1. The quantitative estimate of drug-likeness (QED) is 0.699. The number of nitrogens with zero attached hydrogens (tertiary/aromatic N) is 1. The summed E-state index contributed by atoms with van der Waals surface area (Å²) in [5, 5.41) is 2.96. The van der Waals surface area contributed by atoms with Gasteiger partial charge in [0.2, 0.25) is 11.8 Å². The van der Waals surface area contributed by atoms with E-state index in [1.165, 1.54) is 6.07 Å². The van der Waals surface area contributed by atoms with Gasteiger partial charge in [0.1, 0.15) is 0 Å². The van der Waals surface area contributed by atoms with Crippen molar-refractivity contribution in [3.63, 3.8) is 0 Å². The third kappa shape index (κ3) is 5.31. The minimum absolute atomic E-state index is 0.0470. The van der Waals surface area contributed by atoms with E-state index in [1.54, 1.807) is 11.0 Å². The SMILES string of the molecule is O=C(NCCc1ccccc1)C1CCC(c2cccc(C(F)(F)F)c2)N(C(=O)C2CC2)C1. The number of piperidine rings is 1. The zero-order valence-electron chi connectivity index (χ0n) is 17.8. The molecule has 1 saturated carbocycles. The fourth-order valence-electron chi connectivity index (χ4n) is 4.38. The van der Waals surface area contributed by atoms with Crippen LogP contribution in [-0.2, 0) is 22.2 Å². The highest BCUT2D eigenvalue weighted by Gasteiger charge is 2.41. The van der Waals surface area contributed by atoms with Gasteiger partial charge in [-0.3, -0.25) is 9.59 Å². The van der Waals surface area contributed by atoms with Gasteiger partial charge in [0.15, 0.2) is 0 Å². The number of nitrogens with one attached hydrogen (secondary N) is 1. The fraction of sp³-hybridized carbons (Fsp3) is 0.440. The number of hydrogen-bond acceptors (Lipinski definition) is 2. The molecule has 2 unspecified atom stereocenters. The van der Waals surface area contributed by atoms with E-state index in [2.05, 4.69) is 5.32 Å². The maximum atomic E-state index is 13.2. The number of amides is 2. The summed E-state index contributed by atoms with van der Waals surface area (Å²) in [6.45, 7) is 0.750. The monoisotopic (exact) mass is 444 g/mol. The summed E-state index contributed by atoms with van der Waals surface area (Å²) >= 11 is 0. The van der Waals surface area contributed by atoms with Gasteiger partial charge in [0.25, 0.3) is 0 Å². The number of alkyl halides is 3. The molecule has 170 valence electrons. The van der Waals surface area contributed by atoms with Crippen LogP contribution in [0.1, 0.15) is 48.4 Å². The Morgan fingerprint density at radius 1 is 0.938 bits per heavy atom. The predicted octanol–water partition coefficient (Wildman–Crippen LogP) is 4.75. The van der Waals surface area contributed by atoms with Crippen molar-refractivity contribution < 1.29 is 22.8 Å². The highest BCUT2D eigenvalue weighted by molar-refractivity contribution is 5.84. The first-order valence-electron chi connectivity index (χ1n) is 11.1. The highest BCUT2D eigenvalue weighted by Crippen LogP contribution is 2.40. The first-order chi connectivity index (χ1) is 15.3. The minimum Gasteiger partial charge on any atom is -0.355 e. The molecule has 2 aromatic carbocycles. The van der Waals surface area contributed by atoms with Crippen LogP contribution in [0.2, 0.25) is 0 Å². The molecule has 0 aromatic heterocycles. The molecule has 2 amide bonds. The van der Waals surface area contributed by atoms with Crippen molar-refractivity contribution in [2.24, 2.45) is 11.8 Å². The molecular weight excluding hydrogens is 417 g/mol. The van der Waals surface area contributed by atoms with Gasteiger partial charge in [-0.1, -0.05) is 42.5 Å². The summed E-state index contributed by atoms with van der Waals surface area (Å²) in [6, 6.07) is 14.6. The Labute approximate surface area is 185 Å². The van der Waals surface area contributed by atoms with Crippen molar-refractivity contribution in [2.75, 3.05) is 13.1 Å². The van der Waals surface area contributed by atoms with Crippen LogP contribution in [0.15, 0.2) is 54.6 Å². The molecule has 0 bridgehead atoms. The van der Waals surface area contributed by atoms with Crippen LogP contribution in [0.5, 0.6) is 0 Å². The van der Waals surface area contributed by atoms with Crippen LogP contribution < -0.4 is 5.32 Å². The Kier molecular flexibility index (Phi) is 6.53. The number of halogens is 3. The molecule has 2 aliphatic rings. The standard InChI is InChI=1S/C25H27F3N2O2/c26-25(27,28)21-8-4-7-19(15-21)22-12-11-20(16-30(22)24(32)18-9-10-18)23(31)29-14-13-17-5-2-1-3-6-17/h1-8,15,18,20,22H,9-14,16H2,(H,29,31). The van der Waals surface area contributed by atoms with Gasteiger partial charge in [0.05, 0.1) is 17.5 Å². The number of carbonyl (C=O) groups is 2. The smallest absolute Gasteiger partial charge is 0.355 e. The maximum absolute atomic E-state index is 13.2. The van der Waals surface area contributed by atoms with Crippen LogP contribution in [-0.4, -0.2) is 29.8 Å². The van der Waals surface area contributed by atoms with E-state index in [0.29, 0.717) is 24.9 Å². The average molecular weight is 444 g/mol. The Hall–Kier alpha value is -2.83. The number of likely N-dealkylation sites (tertiary alicyclic amines) is 1. The molecule has 1 saturated heterocycles. The molecule has 2 atom stereocenters. The van der Waals surface area contributed by atoms with Gasteiger partial charge >= 0.3 is 6.18 Å². The van der Waals surface area contributed by atoms with Crippen LogP contribution >= 0.6 is 0 Å². The maximum Gasteiger partial charge on any atom is 0.416 e. The lowest BCUT2D eigenvalue weighted by atomic mass is 9.87. The zero-order valence-corrected chi connectivity index (χ0v) is 17.8. The molecule has 1 aliphatic heterocycles. The molecular formula is C25H27F3N2O2. The van der Waals surface area contributed by atoms with Crippen LogP contribution in [0.4, 0.5) is 13.2 Å². The van der Waals surface area contributed by atoms with Gasteiger partial charge in [0, 0.05) is 19.0 Å². The fourth-order valence-corrected chi connectivity index (χ4v) is 4.38. The lowest BCUT2D eigenvalue weighted by Gasteiger charge is -2.40. The van der Waals surface area contributed by atoms with E-state index in [1.807, 2.05) is 30.3 Å². The second-order valence-corrected chi connectivity index (χ2v) is 8.70. The Morgan fingerprint density at radius 2 is 1.66 bits per heavy atom. The molecule has 2 aromatic rings. The van der Waals surface area contributed by atoms with Crippen molar-refractivity contribution in [1.29, 1.82) is 0 Å². The summed E-state index contributed by atoms with van der Waals surface area (Å²) in [6.07, 6.45) is -1.10. The number of rotatable bonds is 6. The third-order valence-corrected chi connectivity index (χ3v) is 6.32. The van der Waals surface area contributed by atoms with Crippen LogP contribution in [0.3, 0.4) is 0 Å². The van der Waals surface area contributed by atoms with Crippen molar-refractivity contribution in [2.45, 2.75) is 44.3 Å². The van der Waals surface area contributed by atoms with E-state index in [4.69, 9.17) is 0 Å². The van der Waals surface area contributed by atoms with E-state index >= 15 is 0 Å². The van der Waals surface area contributed by atoms with E-state index in [-0.39, 0.29) is 30.2 Å². The van der Waals surface area contributed by atoms with E-state index < -0.39 is 17.8 Å². The summed E-state index contributed by atoms with van der Waals surface area (Å²) in [4.78, 5) is 27.4. The number of carbonyl (C=O) groups excluding carboxylic acids is 2. The molecule has 1 heterocycles. The van der Waals surface area contributed by atoms with Crippen molar-refractivity contribution in [3.8, 4) is 0 Å². The molecule has 1 N–H and O–H groups in total. The van der Waals surface area contributed by atoms with Gasteiger partial charge < -0.3 is 10.2 Å². The zero-order chi connectivity index (χ0) is 22.7. The average Bonchev–Trinajstić information content (AvgIpc) is 3.64. The molecule has 0 spiro atoms. The van der Waals surface area contributed by atoms with Crippen molar-refractivity contribution >= 4 is 11.8 Å². The molecule has 2 fully saturated rings. The number of benzene rings is 2. The van der Waals surface area contributed by atoms with Gasteiger partial charge in [-0.05, 0) is 55.4 Å². The van der Waals surface area contributed by atoms with Gasteiger partial charge in [-0.15, -0.1) is 0 Å². The normalized spacial score (nSPS) is 21.3. The summed E-state index contributed by atoms with van der Waals surface area (Å²) in [5.74, 6) is -0.565. The molecule has 1 aliphatic carbocycles. The first kappa shape index (κ1) is 22.4. The van der Waals surface area contributed by atoms with E-state index in [0.717, 1.165) is 37.0 Å². The van der Waals surface area contributed by atoms with Crippen molar-refractivity contribution in [3.05, 3.63) is 71.3 Å². The summed E-state index contributed by atoms with van der Waals surface area (Å²) in [5.41, 5.74) is 0.901. The molecule has 32 heavy (non-hydrogen) atoms. The number of hydrogen-bond donors (Lipinski definition) is 1. The van der Waals surface area contributed by atoms with Crippen LogP contribution in [0.25, 0.3) is 0 Å². The lowest BCUT2D eigenvalue weighted by molar-refractivity contribution is -0.140. The predicted molar refractivity (Wildman–Crippen MR) is 115 cm³/mol. The molecule has 0 radical (unpaired) electrons. The third-order valence-electron chi connectivity index (χ3n) is 6.32. The molecule has 4 nitrogen and oxygen atoms in total. The molecule has 4 rings (SSSR count). The Bertz CT molecular complexity index is 957. The Balaban J connectivity index is 1.44. The topological polar surface area (TPSA) is 49.4 Å². The Morgan fingerprint density at radius 3 is 2.34 bits per heavy atom. The van der Waals surface area contributed by atoms with Gasteiger partial charge in [-0.25, -0.2) is 0 Å². The summed E-state index contributed by atoms with van der Waals surface area (Å²) < 4.78 is 39.6. The van der Waals surface area contributed by atoms with Crippen molar-refractivity contribution in [1.82, 2.24) is 10.2 Å². The molecule has 7 heteroatoms. The van der Waals surface area contributed by atoms with Gasteiger partial charge in [-0.2, -0.15) is 13.2 Å². The second kappa shape index (κ2) is 9.35. The second-order valence-electron chi connectivity index (χ2n) is 8.70. The largest absolute Gasteiger partial charge is 0.416 e. The lowest BCUT2D eigenvalue weighted by Crippen LogP contribution is -2.47.